The fraction of sp³-hybridized carbons (Fsp3) is 0.287. The predicted molar refractivity (Wildman–Crippen MR) is 431 cm³/mol. The third-order valence-electron chi connectivity index (χ3n) is 19.9. The maximum Gasteiger partial charge on any atom is 0.345 e. The van der Waals surface area contributed by atoms with Crippen LogP contribution in [-0.4, -0.2) is 174 Å². The number of hydrogen-bond donors (Lipinski definition) is 0. The first-order valence-electron chi connectivity index (χ1n) is 36.7. The van der Waals surface area contributed by atoms with Crippen molar-refractivity contribution in [2.75, 3.05) is 79.0 Å². The van der Waals surface area contributed by atoms with Gasteiger partial charge in [-0.25, -0.2) is 24.2 Å². The smallest absolute Gasteiger partial charge is 0.345 e. The molecule has 0 bridgehead atoms. The fourth-order valence-electron chi connectivity index (χ4n) is 13.4. The average Bonchev–Trinajstić information content (AvgIpc) is 1.68. The number of aryl methyl sites for hydroxylation is 3. The topological polar surface area (TPSA) is 225 Å². The van der Waals surface area contributed by atoms with Crippen LogP contribution >= 0.6 is 0 Å². The molecular formula is C87H96N14O8. The summed E-state index contributed by atoms with van der Waals surface area (Å²) in [5.74, 6) is 1.82. The molecule has 22 nitrogen and oxygen atoms in total. The molecule has 109 heavy (non-hydrogen) atoms. The van der Waals surface area contributed by atoms with E-state index in [0.29, 0.717) is 82.0 Å². The maximum absolute atomic E-state index is 13.0. The SMILES string of the molecule is C=C1/C(=C(/C)c2ccccc2C)CC(=O)N1CCC(=O)N1CCN(C)CC1.C=C1C/C(=C(/C)c2ccccc2C)C(=O)N1CCCC(=O)N(C)c1cccnc1.CCOc1cccc(-c2cc(-c3nn(C)c(=O)n3CC)c3ccccc3n2)c1.CN(C(=O)c1cccnc1)C(=O)N(C)C1=NC(c2ccccc2)=CC1. The molecule has 0 unspecified atom stereocenters. The Morgan fingerprint density at radius 2 is 1.28 bits per heavy atom. The number of likely N-dealkylation sites (tertiary alicyclic amines) is 2. The molecule has 562 valence electrons. The van der Waals surface area contributed by atoms with Crippen LogP contribution < -0.4 is 15.3 Å². The number of carbonyl (C=O) groups excluding carboxylic acids is 6. The lowest BCUT2D eigenvalue weighted by atomic mass is 9.96. The summed E-state index contributed by atoms with van der Waals surface area (Å²) in [7, 11) is 8.56. The molecule has 0 N–H and O–H groups in total. The number of likely N-dealkylation sites (N-methyl/N-ethyl adjacent to an activating group) is 1. The molecule has 4 aromatic heterocycles. The van der Waals surface area contributed by atoms with Gasteiger partial charge in [0.2, 0.25) is 17.7 Å². The minimum atomic E-state index is -0.435. The maximum atomic E-state index is 13.0. The Kier molecular flexibility index (Phi) is 26.8. The normalized spacial score (nSPS) is 15.1. The van der Waals surface area contributed by atoms with Gasteiger partial charge >= 0.3 is 11.7 Å². The van der Waals surface area contributed by atoms with E-state index in [-0.39, 0.29) is 29.3 Å². The molecule has 13 rings (SSSR count). The Labute approximate surface area is 638 Å². The number of urea groups is 1. The minimum Gasteiger partial charge on any atom is -0.494 e. The van der Waals surface area contributed by atoms with Gasteiger partial charge in [-0.15, -0.1) is 5.10 Å². The number of amides is 7. The van der Waals surface area contributed by atoms with E-state index in [4.69, 9.17) is 9.72 Å². The predicted octanol–water partition coefficient (Wildman–Crippen LogP) is 14.0. The number of hydrogen-bond acceptors (Lipinski definition) is 14. The first kappa shape index (κ1) is 79.3. The van der Waals surface area contributed by atoms with Crippen molar-refractivity contribution in [1.29, 1.82) is 0 Å². The zero-order valence-corrected chi connectivity index (χ0v) is 64.2. The number of rotatable bonds is 17. The molecule has 22 heteroatoms. The van der Waals surface area contributed by atoms with Crippen LogP contribution in [0.25, 0.3) is 50.4 Å². The highest BCUT2D eigenvalue weighted by atomic mass is 16.5. The molecule has 3 saturated heterocycles. The number of allylic oxidation sites excluding steroid dienone is 4. The number of ether oxygens (including phenoxy) is 1. The summed E-state index contributed by atoms with van der Waals surface area (Å²) >= 11 is 0. The Bertz CT molecular complexity index is 5050. The van der Waals surface area contributed by atoms with Gasteiger partial charge in [-0.05, 0) is 148 Å². The van der Waals surface area contributed by atoms with Crippen LogP contribution in [0.3, 0.4) is 0 Å². The van der Waals surface area contributed by atoms with E-state index in [1.807, 2.05) is 153 Å². The Balaban J connectivity index is 0.000000155. The molecule has 7 amide bonds. The van der Waals surface area contributed by atoms with Crippen LogP contribution in [0.1, 0.15) is 104 Å². The van der Waals surface area contributed by atoms with Crippen LogP contribution in [0.5, 0.6) is 5.75 Å². The summed E-state index contributed by atoms with van der Waals surface area (Å²) in [5.41, 5.74) is 16.4. The monoisotopic (exact) mass is 1460 g/mol. The molecule has 3 fully saturated rings. The Hall–Kier alpha value is -12.3. The molecule has 0 aliphatic carbocycles. The van der Waals surface area contributed by atoms with Crippen molar-refractivity contribution < 1.29 is 33.5 Å². The summed E-state index contributed by atoms with van der Waals surface area (Å²) in [5, 5.41) is 5.46. The van der Waals surface area contributed by atoms with Crippen molar-refractivity contribution in [3.8, 4) is 28.4 Å². The molecule has 4 aliphatic heterocycles. The second kappa shape index (κ2) is 36.8. The minimum absolute atomic E-state index is 0.00196. The van der Waals surface area contributed by atoms with Crippen LogP contribution in [0.15, 0.2) is 234 Å². The van der Waals surface area contributed by atoms with Crippen molar-refractivity contribution in [2.45, 2.75) is 86.6 Å². The van der Waals surface area contributed by atoms with Gasteiger partial charge in [-0.3, -0.25) is 48.3 Å². The number of nitrogens with zero attached hydrogens (tertiary/aromatic N) is 14. The number of amidine groups is 1. The number of carbonyl (C=O) groups is 6. The number of para-hydroxylation sites is 1. The van der Waals surface area contributed by atoms with Crippen LogP contribution in [0.4, 0.5) is 10.5 Å². The Morgan fingerprint density at radius 1 is 0.642 bits per heavy atom. The second-order valence-corrected chi connectivity index (χ2v) is 27.0. The van der Waals surface area contributed by atoms with Crippen molar-refractivity contribution in [2.24, 2.45) is 12.0 Å². The summed E-state index contributed by atoms with van der Waals surface area (Å²) in [6.07, 6.45) is 11.1. The molecule has 0 spiro atoms. The lowest BCUT2D eigenvalue weighted by Crippen LogP contribution is -2.47. The number of piperazine rings is 1. The first-order chi connectivity index (χ1) is 52.5. The number of fused-ring (bicyclic) bond motifs is 1. The van der Waals surface area contributed by atoms with E-state index in [2.05, 4.69) is 84.1 Å². The summed E-state index contributed by atoms with van der Waals surface area (Å²) in [4.78, 5) is 117. The Morgan fingerprint density at radius 3 is 1.94 bits per heavy atom. The lowest BCUT2D eigenvalue weighted by molar-refractivity contribution is -0.134. The number of benzene rings is 5. The van der Waals surface area contributed by atoms with E-state index >= 15 is 0 Å². The number of imide groups is 1. The third-order valence-corrected chi connectivity index (χ3v) is 19.9. The standard InChI is InChI=1S/C24H27N3O2.C22H22N4O2.C22H29N3O2.C19H18N4O2/c1-17-9-5-6-11-21(17)19(3)22-15-18(2)27(24(22)29)14-8-12-23(28)26(4)20-10-7-13-25-16-20;1-4-26-21(24-25(3)22(26)27)18-14-20(23-19-12-7-6-11-17(18)19)15-9-8-10-16(13-15)28-5-2;1-16-7-5-6-8-19(16)17(2)20-15-22(27)25(18(20)3)10-9-21(26)24-13-11-23(4)12-14-24;1-22(17-11-10-16(21-17)14-7-4-3-5-8-14)19(25)23(2)18(24)15-9-6-12-20-13-15/h5-7,9-11,13,16H,2,8,12,14-15H2,1,3-4H3;6-14H,4-5H2,1-3H3;5-8H,3,9-15H2,1-2,4H3;3-10,12-13H,11H2,1-2H3/b22-19+;;20-17-;. The zero-order chi connectivity index (χ0) is 78.0. The van der Waals surface area contributed by atoms with Gasteiger partial charge in [-0.2, -0.15) is 0 Å². The highest BCUT2D eigenvalue weighted by molar-refractivity contribution is 6.10. The molecule has 9 aromatic rings. The molecule has 8 heterocycles. The molecular weight excluding hydrogens is 1370 g/mol. The lowest BCUT2D eigenvalue weighted by Gasteiger charge is -2.32. The quantitative estimate of drug-likeness (QED) is 0.0774. The largest absolute Gasteiger partial charge is 0.494 e. The highest BCUT2D eigenvalue weighted by Gasteiger charge is 2.34. The zero-order valence-electron chi connectivity index (χ0n) is 64.2. The first-order valence-corrected chi connectivity index (χ1v) is 36.7. The van der Waals surface area contributed by atoms with Gasteiger partial charge in [-0.1, -0.05) is 128 Å². The molecule has 0 saturated carbocycles. The number of aromatic nitrogens is 6. The van der Waals surface area contributed by atoms with Gasteiger partial charge in [0.25, 0.3) is 11.8 Å². The number of aliphatic imine (C=N–C) groups is 1. The van der Waals surface area contributed by atoms with Crippen molar-refractivity contribution >= 4 is 74.8 Å². The second-order valence-electron chi connectivity index (χ2n) is 27.0. The van der Waals surface area contributed by atoms with Crippen LogP contribution in [0.2, 0.25) is 0 Å². The van der Waals surface area contributed by atoms with Gasteiger partial charge in [0.1, 0.15) is 11.6 Å². The van der Waals surface area contributed by atoms with Gasteiger partial charge in [0.15, 0.2) is 5.82 Å². The number of pyridine rings is 3. The molecule has 4 aliphatic rings. The van der Waals surface area contributed by atoms with Gasteiger partial charge in [0, 0.05) is 152 Å². The van der Waals surface area contributed by atoms with Crippen molar-refractivity contribution in [1.82, 2.24) is 58.7 Å². The third kappa shape index (κ3) is 19.1. The van der Waals surface area contributed by atoms with E-state index in [9.17, 15) is 33.6 Å². The van der Waals surface area contributed by atoms with E-state index < -0.39 is 11.9 Å². The van der Waals surface area contributed by atoms with Crippen LogP contribution in [0, 0.1) is 13.8 Å². The fourth-order valence-corrected chi connectivity index (χ4v) is 13.4. The molecule has 0 radical (unpaired) electrons. The van der Waals surface area contributed by atoms with Crippen molar-refractivity contribution in [3.63, 3.8) is 0 Å². The average molecular weight is 1470 g/mol. The molecule has 0 atom stereocenters. The van der Waals surface area contributed by atoms with E-state index in [1.54, 1.807) is 77.2 Å². The number of anilines is 1. The van der Waals surface area contributed by atoms with Crippen LogP contribution in [-0.2, 0) is 32.8 Å². The van der Waals surface area contributed by atoms with Crippen molar-refractivity contribution in [3.05, 3.63) is 268 Å². The summed E-state index contributed by atoms with van der Waals surface area (Å²) in [6, 6.07) is 50.3. The molecule has 5 aromatic carbocycles. The highest BCUT2D eigenvalue weighted by Crippen LogP contribution is 2.37. The summed E-state index contributed by atoms with van der Waals surface area (Å²) < 4.78 is 8.70. The van der Waals surface area contributed by atoms with Gasteiger partial charge in [0.05, 0.1) is 47.4 Å². The van der Waals surface area contributed by atoms with Gasteiger partial charge < -0.3 is 29.2 Å². The van der Waals surface area contributed by atoms with E-state index in [1.165, 1.54) is 28.4 Å². The summed E-state index contributed by atoms with van der Waals surface area (Å²) in [6.45, 7) is 25.7. The van der Waals surface area contributed by atoms with E-state index in [0.717, 1.165) is 132 Å².